The van der Waals surface area contributed by atoms with Crippen molar-refractivity contribution in [3.05, 3.63) is 24.0 Å². The Hall–Kier alpha value is -1.67. The van der Waals surface area contributed by atoms with Gasteiger partial charge in [0.1, 0.15) is 5.69 Å². The van der Waals surface area contributed by atoms with Gasteiger partial charge in [0.25, 0.3) is 10.2 Å². The molecule has 1 heterocycles. The Kier molecular flexibility index (Phi) is 4.62. The van der Waals surface area contributed by atoms with Gasteiger partial charge in [0.2, 0.25) is 0 Å². The highest BCUT2D eigenvalue weighted by Gasteiger charge is 2.12. The van der Waals surface area contributed by atoms with Crippen LogP contribution in [0.15, 0.2) is 18.3 Å². The molecule has 7 nitrogen and oxygen atoms in total. The molecule has 0 atom stereocenters. The van der Waals surface area contributed by atoms with E-state index in [1.165, 1.54) is 12.3 Å². The van der Waals surface area contributed by atoms with Gasteiger partial charge in [-0.25, -0.2) is 9.78 Å². The largest absolute Gasteiger partial charge is 0.477 e. The van der Waals surface area contributed by atoms with E-state index in [0.717, 1.165) is 6.07 Å². The lowest BCUT2D eigenvalue weighted by atomic mass is 10.2. The van der Waals surface area contributed by atoms with E-state index in [1.807, 2.05) is 13.8 Å². The lowest BCUT2D eigenvalue weighted by molar-refractivity contribution is 0.0690. The Morgan fingerprint density at radius 1 is 1.50 bits per heavy atom. The first-order chi connectivity index (χ1) is 8.30. The van der Waals surface area contributed by atoms with Crippen molar-refractivity contribution in [1.29, 1.82) is 0 Å². The molecule has 0 saturated heterocycles. The smallest absolute Gasteiger partial charge is 0.354 e. The number of hydrogen-bond acceptors (Lipinski definition) is 4. The fourth-order valence-corrected chi connectivity index (χ4v) is 2.14. The first-order valence-electron chi connectivity index (χ1n) is 5.27. The summed E-state index contributed by atoms with van der Waals surface area (Å²) in [7, 11) is -3.69. The van der Waals surface area contributed by atoms with E-state index in [2.05, 4.69) is 14.4 Å². The molecular weight excluding hydrogens is 258 g/mol. The fraction of sp³-hybridized carbons (Fsp3) is 0.400. The highest BCUT2D eigenvalue weighted by atomic mass is 32.2. The van der Waals surface area contributed by atoms with E-state index >= 15 is 0 Å². The number of hydrogen-bond donors (Lipinski definition) is 3. The Morgan fingerprint density at radius 2 is 2.17 bits per heavy atom. The van der Waals surface area contributed by atoms with Crippen LogP contribution in [0.3, 0.4) is 0 Å². The third-order valence-electron chi connectivity index (χ3n) is 1.91. The minimum atomic E-state index is -3.69. The third-order valence-corrected chi connectivity index (χ3v) is 2.96. The maximum absolute atomic E-state index is 11.6. The molecule has 0 unspecified atom stereocenters. The quantitative estimate of drug-likeness (QED) is 0.706. The molecule has 0 aromatic carbocycles. The summed E-state index contributed by atoms with van der Waals surface area (Å²) >= 11 is 0. The molecule has 1 aromatic rings. The maximum Gasteiger partial charge on any atom is 0.354 e. The Labute approximate surface area is 105 Å². The average Bonchev–Trinajstić information content (AvgIpc) is 2.26. The zero-order valence-electron chi connectivity index (χ0n) is 10.0. The number of pyridine rings is 1. The van der Waals surface area contributed by atoms with Gasteiger partial charge in [0, 0.05) is 12.7 Å². The van der Waals surface area contributed by atoms with Crippen LogP contribution in [0.4, 0.5) is 5.69 Å². The van der Waals surface area contributed by atoms with E-state index in [-0.39, 0.29) is 17.3 Å². The summed E-state index contributed by atoms with van der Waals surface area (Å²) in [5.41, 5.74) is -0.0716. The van der Waals surface area contributed by atoms with Gasteiger partial charge in [-0.15, -0.1) is 0 Å². The predicted octanol–water partition coefficient (Wildman–Crippen LogP) is 0.682. The fourth-order valence-electron chi connectivity index (χ4n) is 1.08. The monoisotopic (exact) mass is 273 g/mol. The number of anilines is 1. The molecule has 1 rings (SSSR count). The Bertz CT molecular complexity index is 528. The number of nitrogens with one attached hydrogen (secondary N) is 2. The number of nitrogens with zero attached hydrogens (tertiary/aromatic N) is 1. The minimum absolute atomic E-state index is 0.152. The van der Waals surface area contributed by atoms with E-state index in [4.69, 9.17) is 5.11 Å². The normalized spacial score (nSPS) is 11.5. The van der Waals surface area contributed by atoms with E-state index in [0.29, 0.717) is 6.54 Å². The average molecular weight is 273 g/mol. The molecule has 1 aromatic heterocycles. The van der Waals surface area contributed by atoms with Gasteiger partial charge >= 0.3 is 5.97 Å². The van der Waals surface area contributed by atoms with Crippen molar-refractivity contribution in [3.63, 3.8) is 0 Å². The zero-order valence-corrected chi connectivity index (χ0v) is 10.9. The number of carboxylic acid groups (broad SMARTS) is 1. The second kappa shape index (κ2) is 5.78. The SMILES string of the molecule is CC(C)CNS(=O)(=O)Nc1ccnc(C(=O)O)c1. The Balaban J connectivity index is 2.78. The molecule has 0 bridgehead atoms. The van der Waals surface area contributed by atoms with E-state index in [1.54, 1.807) is 0 Å². The first-order valence-corrected chi connectivity index (χ1v) is 6.75. The van der Waals surface area contributed by atoms with Crippen LogP contribution in [0.25, 0.3) is 0 Å². The predicted molar refractivity (Wildman–Crippen MR) is 66.6 cm³/mol. The highest BCUT2D eigenvalue weighted by molar-refractivity contribution is 7.90. The standard InChI is InChI=1S/C10H15N3O4S/c1-7(2)6-12-18(16,17)13-8-3-4-11-9(5-8)10(14)15/h3-5,7,12H,6H2,1-2H3,(H,11,13)(H,14,15). The van der Waals surface area contributed by atoms with Crippen molar-refractivity contribution in [3.8, 4) is 0 Å². The van der Waals surface area contributed by atoms with Crippen LogP contribution in [0.5, 0.6) is 0 Å². The van der Waals surface area contributed by atoms with Crippen LogP contribution < -0.4 is 9.44 Å². The van der Waals surface area contributed by atoms with Gasteiger partial charge in [-0.2, -0.15) is 13.1 Å². The number of rotatable bonds is 6. The van der Waals surface area contributed by atoms with Crippen molar-refractivity contribution in [2.75, 3.05) is 11.3 Å². The molecule has 0 aliphatic heterocycles. The molecule has 0 saturated carbocycles. The molecule has 100 valence electrons. The highest BCUT2D eigenvalue weighted by Crippen LogP contribution is 2.09. The second-order valence-corrected chi connectivity index (χ2v) is 5.58. The van der Waals surface area contributed by atoms with Crippen molar-refractivity contribution in [1.82, 2.24) is 9.71 Å². The molecule has 3 N–H and O–H groups in total. The molecule has 0 spiro atoms. The molecule has 0 radical (unpaired) electrons. The van der Waals surface area contributed by atoms with E-state index < -0.39 is 16.2 Å². The number of aromatic carboxylic acids is 1. The molecule has 0 aliphatic rings. The molecule has 8 heteroatoms. The molecule has 0 amide bonds. The van der Waals surface area contributed by atoms with Crippen LogP contribution in [0.1, 0.15) is 24.3 Å². The third kappa shape index (κ3) is 4.68. The van der Waals surface area contributed by atoms with Crippen LogP contribution in [-0.4, -0.2) is 31.0 Å². The number of carbonyl (C=O) groups is 1. The number of carboxylic acids is 1. The topological polar surface area (TPSA) is 108 Å². The molecular formula is C10H15N3O4S. The van der Waals surface area contributed by atoms with Crippen LogP contribution >= 0.6 is 0 Å². The molecule has 18 heavy (non-hydrogen) atoms. The summed E-state index contributed by atoms with van der Waals surface area (Å²) in [6.07, 6.45) is 1.23. The lowest BCUT2D eigenvalue weighted by Crippen LogP contribution is -2.32. The van der Waals surface area contributed by atoms with Gasteiger partial charge in [-0.3, -0.25) is 4.72 Å². The zero-order chi connectivity index (χ0) is 13.8. The van der Waals surface area contributed by atoms with Gasteiger partial charge in [-0.1, -0.05) is 13.8 Å². The van der Waals surface area contributed by atoms with Crippen molar-refractivity contribution in [2.45, 2.75) is 13.8 Å². The van der Waals surface area contributed by atoms with Crippen LogP contribution in [-0.2, 0) is 10.2 Å². The van der Waals surface area contributed by atoms with Crippen LogP contribution in [0.2, 0.25) is 0 Å². The summed E-state index contributed by atoms with van der Waals surface area (Å²) in [5, 5.41) is 8.73. The number of aromatic nitrogens is 1. The summed E-state index contributed by atoms with van der Waals surface area (Å²) in [4.78, 5) is 14.3. The summed E-state index contributed by atoms with van der Waals surface area (Å²) in [6, 6.07) is 2.53. The second-order valence-electron chi connectivity index (χ2n) is 4.08. The van der Waals surface area contributed by atoms with Gasteiger partial charge < -0.3 is 5.11 Å². The van der Waals surface area contributed by atoms with Gasteiger partial charge in [-0.05, 0) is 18.1 Å². The van der Waals surface area contributed by atoms with Gasteiger partial charge in [0.05, 0.1) is 5.69 Å². The summed E-state index contributed by atoms with van der Waals surface area (Å²) in [6.45, 7) is 4.04. The maximum atomic E-state index is 11.6. The van der Waals surface area contributed by atoms with Crippen molar-refractivity contribution < 1.29 is 18.3 Å². The molecule has 0 fully saturated rings. The van der Waals surface area contributed by atoms with Crippen molar-refractivity contribution in [2.24, 2.45) is 5.92 Å². The summed E-state index contributed by atoms with van der Waals surface area (Å²) < 4.78 is 27.8. The van der Waals surface area contributed by atoms with Crippen molar-refractivity contribution >= 4 is 21.9 Å². The minimum Gasteiger partial charge on any atom is -0.477 e. The molecule has 0 aliphatic carbocycles. The Morgan fingerprint density at radius 3 is 2.72 bits per heavy atom. The first kappa shape index (κ1) is 14.4. The summed E-state index contributed by atoms with van der Waals surface area (Å²) in [5.74, 6) is -1.04. The van der Waals surface area contributed by atoms with E-state index in [9.17, 15) is 13.2 Å². The van der Waals surface area contributed by atoms with Crippen LogP contribution in [0, 0.1) is 5.92 Å². The lowest BCUT2D eigenvalue weighted by Gasteiger charge is -2.10. The van der Waals surface area contributed by atoms with Gasteiger partial charge in [0.15, 0.2) is 0 Å².